The zero-order valence-corrected chi connectivity index (χ0v) is 19.8. The molecule has 0 saturated carbocycles. The Balaban J connectivity index is 1.59. The lowest BCUT2D eigenvalue weighted by Crippen LogP contribution is -2.42. The number of carboxylic acid groups (broad SMARTS) is 1. The Hall–Kier alpha value is -4.86. The second kappa shape index (κ2) is 11.3. The summed E-state index contributed by atoms with van der Waals surface area (Å²) in [5, 5.41) is 22.3. The van der Waals surface area contributed by atoms with Crippen molar-refractivity contribution in [2.24, 2.45) is 5.73 Å². The van der Waals surface area contributed by atoms with Crippen molar-refractivity contribution in [1.29, 1.82) is 5.41 Å². The molecule has 0 spiro atoms. The molecule has 1 aliphatic heterocycles. The molecule has 0 radical (unpaired) electrons. The van der Waals surface area contributed by atoms with Crippen molar-refractivity contribution in [1.82, 2.24) is 5.32 Å². The molecule has 3 aromatic rings. The molecule has 0 bridgehead atoms. The number of anilines is 1. The van der Waals surface area contributed by atoms with Gasteiger partial charge in [0.25, 0.3) is 5.91 Å². The summed E-state index contributed by atoms with van der Waals surface area (Å²) in [4.78, 5) is 38.0. The highest BCUT2D eigenvalue weighted by Gasteiger charge is 2.26. The molecule has 0 aliphatic carbocycles. The Labute approximate surface area is 212 Å². The van der Waals surface area contributed by atoms with E-state index in [2.05, 4.69) is 10.6 Å². The van der Waals surface area contributed by atoms with Gasteiger partial charge in [-0.05, 0) is 54.3 Å². The fourth-order valence-electron chi connectivity index (χ4n) is 4.03. The fraction of sp³-hybridized carbons (Fsp3) is 0.185. The van der Waals surface area contributed by atoms with E-state index in [-0.39, 0.29) is 36.0 Å². The number of aryl methyl sites for hydroxylation is 1. The van der Waals surface area contributed by atoms with Crippen LogP contribution in [0, 0.1) is 5.41 Å². The van der Waals surface area contributed by atoms with Crippen LogP contribution in [-0.4, -0.2) is 41.6 Å². The standard InChI is InChI=1S/C27H26N4O6/c28-27(29)30-18-11-12-19-17(15-18)8-5-13-36-23-20(9-4-10-22(23)37-26(19)35)24(32)31-21(25(33)34)14-16-6-2-1-3-7-16/h1-4,6-7,9-12,15,21H,5,8,13-14H2,(H,31,32)(H,33,34)(H4,28,29,30). The Bertz CT molecular complexity index is 1340. The van der Waals surface area contributed by atoms with E-state index >= 15 is 0 Å². The third-order valence-electron chi connectivity index (χ3n) is 5.75. The van der Waals surface area contributed by atoms with Crippen LogP contribution in [0.2, 0.25) is 0 Å². The molecule has 1 atom stereocenters. The van der Waals surface area contributed by atoms with E-state index in [1.54, 1.807) is 42.5 Å². The zero-order chi connectivity index (χ0) is 26.4. The molecule has 10 nitrogen and oxygen atoms in total. The SMILES string of the molecule is N=C(N)Nc1ccc2c(c1)CCCOc1c(cccc1C(=O)NC(Cc1ccccc1)C(=O)O)OC2=O. The highest BCUT2D eigenvalue weighted by atomic mass is 16.6. The number of para-hydroxylation sites is 1. The number of carbonyl (C=O) groups is 3. The number of rotatable bonds is 6. The molecule has 1 amide bonds. The quantitative estimate of drug-likeness (QED) is 0.149. The molecule has 1 heterocycles. The van der Waals surface area contributed by atoms with Crippen LogP contribution in [0.4, 0.5) is 5.69 Å². The van der Waals surface area contributed by atoms with Gasteiger partial charge >= 0.3 is 11.9 Å². The van der Waals surface area contributed by atoms with Crippen LogP contribution in [0.1, 0.15) is 38.3 Å². The number of hydrogen-bond acceptors (Lipinski definition) is 6. The Morgan fingerprint density at radius 3 is 2.59 bits per heavy atom. The van der Waals surface area contributed by atoms with Crippen LogP contribution in [0.5, 0.6) is 11.5 Å². The van der Waals surface area contributed by atoms with Crippen LogP contribution in [0.3, 0.4) is 0 Å². The summed E-state index contributed by atoms with van der Waals surface area (Å²) >= 11 is 0. The molecule has 0 saturated heterocycles. The maximum Gasteiger partial charge on any atom is 0.343 e. The Morgan fingerprint density at radius 1 is 1.08 bits per heavy atom. The maximum absolute atomic E-state index is 13.1. The number of fused-ring (bicyclic) bond motifs is 2. The lowest BCUT2D eigenvalue weighted by Gasteiger charge is -2.20. The molecular formula is C27H26N4O6. The van der Waals surface area contributed by atoms with Crippen molar-refractivity contribution in [3.05, 3.63) is 89.0 Å². The summed E-state index contributed by atoms with van der Waals surface area (Å²) in [6, 6.07) is 17.3. The van der Waals surface area contributed by atoms with Gasteiger partial charge in [0.15, 0.2) is 17.5 Å². The molecule has 0 aromatic heterocycles. The number of aliphatic carboxylic acids is 1. The van der Waals surface area contributed by atoms with Gasteiger partial charge in [-0.1, -0.05) is 36.4 Å². The summed E-state index contributed by atoms with van der Waals surface area (Å²) < 4.78 is 11.5. The van der Waals surface area contributed by atoms with Crippen molar-refractivity contribution in [3.63, 3.8) is 0 Å². The number of nitrogens with one attached hydrogen (secondary N) is 3. The third kappa shape index (κ3) is 6.23. The van der Waals surface area contributed by atoms with E-state index in [9.17, 15) is 19.5 Å². The number of ether oxygens (including phenoxy) is 2. The van der Waals surface area contributed by atoms with Gasteiger partial charge in [-0.3, -0.25) is 10.2 Å². The minimum atomic E-state index is -1.17. The van der Waals surface area contributed by atoms with E-state index < -0.39 is 23.9 Å². The number of esters is 1. The fourth-order valence-corrected chi connectivity index (χ4v) is 4.03. The van der Waals surface area contributed by atoms with E-state index in [4.69, 9.17) is 20.6 Å². The highest BCUT2D eigenvalue weighted by molar-refractivity contribution is 6.01. The normalized spacial score (nSPS) is 13.6. The molecular weight excluding hydrogens is 476 g/mol. The van der Waals surface area contributed by atoms with Gasteiger partial charge in [0.2, 0.25) is 0 Å². The number of amides is 1. The second-order valence-electron chi connectivity index (χ2n) is 8.44. The number of guanidine groups is 1. The second-order valence-corrected chi connectivity index (χ2v) is 8.44. The van der Waals surface area contributed by atoms with E-state index in [0.717, 1.165) is 5.56 Å². The minimum Gasteiger partial charge on any atom is -0.489 e. The number of hydrogen-bond donors (Lipinski definition) is 5. The first-order chi connectivity index (χ1) is 17.8. The highest BCUT2D eigenvalue weighted by Crippen LogP contribution is 2.34. The predicted octanol–water partition coefficient (Wildman–Crippen LogP) is 2.96. The molecule has 4 rings (SSSR count). The summed E-state index contributed by atoms with van der Waals surface area (Å²) in [6.45, 7) is 0.213. The van der Waals surface area contributed by atoms with Gasteiger partial charge in [0.05, 0.1) is 17.7 Å². The van der Waals surface area contributed by atoms with E-state index in [0.29, 0.717) is 29.7 Å². The molecule has 0 fully saturated rings. The molecule has 3 aromatic carbocycles. The predicted molar refractivity (Wildman–Crippen MR) is 136 cm³/mol. The lowest BCUT2D eigenvalue weighted by molar-refractivity contribution is -0.139. The van der Waals surface area contributed by atoms with Crippen LogP contribution < -0.4 is 25.8 Å². The van der Waals surface area contributed by atoms with Crippen LogP contribution in [0.25, 0.3) is 0 Å². The molecule has 37 heavy (non-hydrogen) atoms. The third-order valence-corrected chi connectivity index (χ3v) is 5.75. The van der Waals surface area contributed by atoms with Gasteiger partial charge in [-0.2, -0.15) is 0 Å². The first kappa shape index (κ1) is 25.2. The molecule has 1 unspecified atom stereocenters. The summed E-state index contributed by atoms with van der Waals surface area (Å²) in [5.41, 5.74) is 7.83. The van der Waals surface area contributed by atoms with Crippen LogP contribution in [0.15, 0.2) is 66.7 Å². The Morgan fingerprint density at radius 2 is 1.86 bits per heavy atom. The summed E-state index contributed by atoms with van der Waals surface area (Å²) in [7, 11) is 0. The molecule has 190 valence electrons. The number of nitrogens with two attached hydrogens (primary N) is 1. The van der Waals surface area contributed by atoms with E-state index in [1.807, 2.05) is 6.07 Å². The van der Waals surface area contributed by atoms with Gasteiger partial charge in [-0.25, -0.2) is 9.59 Å². The van der Waals surface area contributed by atoms with Gasteiger partial charge in [0, 0.05) is 12.1 Å². The number of benzene rings is 3. The Kier molecular flexibility index (Phi) is 7.68. The average Bonchev–Trinajstić information content (AvgIpc) is 2.86. The van der Waals surface area contributed by atoms with Crippen molar-refractivity contribution >= 4 is 29.5 Å². The monoisotopic (exact) mass is 502 g/mol. The van der Waals surface area contributed by atoms with Gasteiger partial charge in [-0.15, -0.1) is 0 Å². The van der Waals surface area contributed by atoms with Crippen molar-refractivity contribution in [3.8, 4) is 11.5 Å². The van der Waals surface area contributed by atoms with Crippen LogP contribution >= 0.6 is 0 Å². The molecule has 1 aliphatic rings. The van der Waals surface area contributed by atoms with Gasteiger partial charge in [0.1, 0.15) is 6.04 Å². The first-order valence-electron chi connectivity index (χ1n) is 11.6. The topological polar surface area (TPSA) is 164 Å². The van der Waals surface area contributed by atoms with Crippen molar-refractivity contribution in [2.45, 2.75) is 25.3 Å². The molecule has 6 N–H and O–H groups in total. The van der Waals surface area contributed by atoms with Crippen LogP contribution in [-0.2, 0) is 17.6 Å². The average molecular weight is 503 g/mol. The number of carbonyl (C=O) groups excluding carboxylic acids is 2. The largest absolute Gasteiger partial charge is 0.489 e. The first-order valence-corrected chi connectivity index (χ1v) is 11.6. The lowest BCUT2D eigenvalue weighted by atomic mass is 10.0. The smallest absolute Gasteiger partial charge is 0.343 e. The number of carboxylic acids is 1. The minimum absolute atomic E-state index is 0.0476. The van der Waals surface area contributed by atoms with Crippen molar-refractivity contribution in [2.75, 3.05) is 11.9 Å². The molecule has 10 heteroatoms. The zero-order valence-electron chi connectivity index (χ0n) is 19.8. The van der Waals surface area contributed by atoms with Crippen molar-refractivity contribution < 1.29 is 29.0 Å². The van der Waals surface area contributed by atoms with Gasteiger partial charge < -0.3 is 30.9 Å². The van der Waals surface area contributed by atoms with E-state index in [1.165, 1.54) is 18.2 Å². The summed E-state index contributed by atoms with van der Waals surface area (Å²) in [6.07, 6.45) is 1.09. The summed E-state index contributed by atoms with van der Waals surface area (Å²) in [5.74, 6) is -2.58. The maximum atomic E-state index is 13.1.